The summed E-state index contributed by atoms with van der Waals surface area (Å²) < 4.78 is 29.1. The van der Waals surface area contributed by atoms with Crippen molar-refractivity contribution in [1.29, 1.82) is 0 Å². The van der Waals surface area contributed by atoms with Crippen LogP contribution in [0.15, 0.2) is 106 Å². The third kappa shape index (κ3) is 12.3. The molecule has 0 spiro atoms. The predicted octanol–water partition coefficient (Wildman–Crippen LogP) is 12.1. The molecular weight excluding hydrogens is 677 g/mol. The highest BCUT2D eigenvalue weighted by atomic mass is 16.5. The molecule has 0 radical (unpaired) electrons. The number of rotatable bonds is 23. The lowest BCUT2D eigenvalue weighted by molar-refractivity contribution is 0.0447. The van der Waals surface area contributed by atoms with E-state index in [-0.39, 0.29) is 11.4 Å². The van der Waals surface area contributed by atoms with E-state index in [0.717, 1.165) is 53.9 Å². The minimum absolute atomic E-state index is 0.0760. The van der Waals surface area contributed by atoms with E-state index in [2.05, 4.69) is 20.8 Å². The van der Waals surface area contributed by atoms with Gasteiger partial charge in [-0.05, 0) is 90.4 Å². The monoisotopic (exact) mass is 732 g/mol. The van der Waals surface area contributed by atoms with Gasteiger partial charge in [0.2, 0.25) is 0 Å². The number of hydrogen-bond acceptors (Lipinski definition) is 7. The topological polar surface area (TPSA) is 84.2 Å². The molecule has 0 bridgehead atoms. The second-order valence-electron chi connectivity index (χ2n) is 14.1. The molecule has 1 heterocycles. The highest BCUT2D eigenvalue weighted by Gasteiger charge is 2.12. The molecule has 0 aliphatic heterocycles. The Morgan fingerprint density at radius 2 is 1.11 bits per heavy atom. The molecule has 4 aromatic carbocycles. The van der Waals surface area contributed by atoms with Gasteiger partial charge < -0.3 is 23.4 Å². The lowest BCUT2D eigenvalue weighted by atomic mass is 10.0. The molecule has 0 aliphatic rings. The second-order valence-corrected chi connectivity index (χ2v) is 14.1. The van der Waals surface area contributed by atoms with Gasteiger partial charge in [-0.3, -0.25) is 4.79 Å². The number of hydrogen-bond donors (Lipinski definition) is 0. The van der Waals surface area contributed by atoms with Crippen molar-refractivity contribution in [3.63, 3.8) is 0 Å². The molecule has 5 rings (SSSR count). The van der Waals surface area contributed by atoms with Crippen LogP contribution in [0.5, 0.6) is 17.2 Å². The molecule has 7 heteroatoms. The summed E-state index contributed by atoms with van der Waals surface area (Å²) >= 11 is 0. The summed E-state index contributed by atoms with van der Waals surface area (Å²) in [4.78, 5) is 25.6. The Bertz CT molecular complexity index is 1910. The number of carbonyl (C=O) groups is 1. The van der Waals surface area contributed by atoms with Gasteiger partial charge in [-0.1, -0.05) is 109 Å². The van der Waals surface area contributed by atoms with Crippen molar-refractivity contribution in [2.45, 2.75) is 91.4 Å². The summed E-state index contributed by atoms with van der Waals surface area (Å²) in [6, 6.07) is 28.4. The van der Waals surface area contributed by atoms with Gasteiger partial charge in [-0.25, -0.2) is 4.79 Å². The van der Waals surface area contributed by atoms with Crippen molar-refractivity contribution in [3.8, 4) is 39.5 Å². The van der Waals surface area contributed by atoms with Gasteiger partial charge >= 0.3 is 5.97 Å². The molecule has 0 unspecified atom stereocenters. The van der Waals surface area contributed by atoms with Crippen LogP contribution in [-0.2, 0) is 4.74 Å². The van der Waals surface area contributed by atoms with Crippen molar-refractivity contribution in [2.24, 2.45) is 5.92 Å². The van der Waals surface area contributed by atoms with Gasteiger partial charge in [0.05, 0.1) is 42.9 Å². The number of carbonyl (C=O) groups excluding carboxylic acids is 1. The molecule has 0 amide bonds. The van der Waals surface area contributed by atoms with Crippen molar-refractivity contribution in [2.75, 3.05) is 26.4 Å². The van der Waals surface area contributed by atoms with Gasteiger partial charge in [-0.2, -0.15) is 0 Å². The Hall–Kier alpha value is -5.04. The van der Waals surface area contributed by atoms with Crippen LogP contribution < -0.4 is 19.6 Å². The quantitative estimate of drug-likeness (QED) is 0.0488. The number of unbranched alkanes of at least 4 members (excludes halogenated alkanes) is 8. The van der Waals surface area contributed by atoms with E-state index < -0.39 is 0 Å². The minimum atomic E-state index is -0.289. The summed E-state index contributed by atoms with van der Waals surface area (Å²) in [7, 11) is 0. The van der Waals surface area contributed by atoms with E-state index in [1.165, 1.54) is 51.2 Å². The molecule has 1 atom stereocenters. The first-order chi connectivity index (χ1) is 26.4. The standard InChI is InChI=1S/C47H56O7/c1-4-6-7-8-9-10-11-12-29-50-41-25-21-38(22-26-41)44-34-53-45-32-42(27-28-43(45)46(44)48)52-31-14-13-30-51-40-23-19-37(20-24-40)36-15-17-39(18-16-36)47(49)54-33-35(3)5-2/h15-28,32,34-35H,4-14,29-31,33H2,1-3H3/t35-/m0/s1. The van der Waals surface area contributed by atoms with Crippen LogP contribution in [-0.4, -0.2) is 32.4 Å². The third-order valence-corrected chi connectivity index (χ3v) is 9.76. The first kappa shape index (κ1) is 40.2. The van der Waals surface area contributed by atoms with Crippen molar-refractivity contribution in [3.05, 3.63) is 113 Å². The molecule has 286 valence electrons. The van der Waals surface area contributed by atoms with Crippen molar-refractivity contribution < 1.29 is 28.2 Å². The van der Waals surface area contributed by atoms with E-state index in [0.29, 0.717) is 60.2 Å². The van der Waals surface area contributed by atoms with Gasteiger partial charge in [0.25, 0.3) is 0 Å². The molecule has 5 aromatic rings. The van der Waals surface area contributed by atoms with Crippen LogP contribution in [0.4, 0.5) is 0 Å². The molecule has 0 saturated heterocycles. The summed E-state index contributed by atoms with van der Waals surface area (Å²) in [6.45, 7) is 8.63. The van der Waals surface area contributed by atoms with E-state index in [1.54, 1.807) is 24.3 Å². The molecule has 0 N–H and O–H groups in total. The zero-order valence-corrected chi connectivity index (χ0v) is 32.3. The predicted molar refractivity (Wildman–Crippen MR) is 218 cm³/mol. The number of fused-ring (bicyclic) bond motifs is 1. The molecule has 0 saturated carbocycles. The lowest BCUT2D eigenvalue weighted by Gasteiger charge is -2.10. The SMILES string of the molecule is CCCCCCCCCCOc1ccc(-c2coc3cc(OCCCCOc4ccc(-c5ccc(C(=O)OC[C@@H](C)CC)cc5)cc4)ccc3c2=O)cc1. The van der Waals surface area contributed by atoms with Crippen molar-refractivity contribution in [1.82, 2.24) is 0 Å². The van der Waals surface area contributed by atoms with Crippen LogP contribution in [0.1, 0.15) is 102 Å². The molecule has 54 heavy (non-hydrogen) atoms. The van der Waals surface area contributed by atoms with Gasteiger partial charge in [0.15, 0.2) is 5.43 Å². The zero-order chi connectivity index (χ0) is 38.0. The van der Waals surface area contributed by atoms with E-state index in [1.807, 2.05) is 66.7 Å². The smallest absolute Gasteiger partial charge is 0.338 e. The summed E-state index contributed by atoms with van der Waals surface area (Å²) in [6.07, 6.45) is 14.3. The van der Waals surface area contributed by atoms with E-state index >= 15 is 0 Å². The largest absolute Gasteiger partial charge is 0.494 e. The first-order valence-electron chi connectivity index (χ1n) is 19.9. The Labute approximate surface area is 320 Å². The van der Waals surface area contributed by atoms with Crippen LogP contribution in [0.3, 0.4) is 0 Å². The Morgan fingerprint density at radius 1 is 0.611 bits per heavy atom. The number of benzene rings is 4. The maximum atomic E-state index is 13.3. The highest BCUT2D eigenvalue weighted by molar-refractivity contribution is 5.90. The number of ether oxygens (including phenoxy) is 4. The fourth-order valence-corrected chi connectivity index (χ4v) is 6.10. The fourth-order valence-electron chi connectivity index (χ4n) is 6.10. The summed E-state index contributed by atoms with van der Waals surface area (Å²) in [5, 5.41) is 0.517. The van der Waals surface area contributed by atoms with Crippen LogP contribution in [0, 0.1) is 5.92 Å². The summed E-state index contributed by atoms with van der Waals surface area (Å²) in [5.41, 5.74) is 4.35. The molecule has 0 aliphatic carbocycles. The fraction of sp³-hybridized carbons (Fsp3) is 0.404. The molecule has 1 aromatic heterocycles. The Morgan fingerprint density at radius 3 is 1.70 bits per heavy atom. The minimum Gasteiger partial charge on any atom is -0.494 e. The highest BCUT2D eigenvalue weighted by Crippen LogP contribution is 2.26. The normalized spacial score (nSPS) is 11.7. The van der Waals surface area contributed by atoms with E-state index in [9.17, 15) is 9.59 Å². The maximum Gasteiger partial charge on any atom is 0.338 e. The molecular formula is C47H56O7. The van der Waals surface area contributed by atoms with Crippen LogP contribution >= 0.6 is 0 Å². The zero-order valence-electron chi connectivity index (χ0n) is 32.3. The average Bonchev–Trinajstić information content (AvgIpc) is 3.21. The van der Waals surface area contributed by atoms with Gasteiger partial charge in [-0.15, -0.1) is 0 Å². The first-order valence-corrected chi connectivity index (χ1v) is 19.9. The van der Waals surface area contributed by atoms with Crippen molar-refractivity contribution >= 4 is 16.9 Å². The van der Waals surface area contributed by atoms with E-state index in [4.69, 9.17) is 23.4 Å². The van der Waals surface area contributed by atoms with Crippen LogP contribution in [0.2, 0.25) is 0 Å². The maximum absolute atomic E-state index is 13.3. The Balaban J connectivity index is 1.00. The number of esters is 1. The summed E-state index contributed by atoms with van der Waals surface area (Å²) in [5.74, 6) is 2.33. The second kappa shape index (κ2) is 21.6. The van der Waals surface area contributed by atoms with Gasteiger partial charge in [0, 0.05) is 6.07 Å². The molecule has 0 fully saturated rings. The van der Waals surface area contributed by atoms with Crippen LogP contribution in [0.25, 0.3) is 33.2 Å². The average molecular weight is 733 g/mol. The Kier molecular flexibility index (Phi) is 16.1. The third-order valence-electron chi connectivity index (χ3n) is 9.76. The van der Waals surface area contributed by atoms with Gasteiger partial charge in [0.1, 0.15) is 29.1 Å². The lowest BCUT2D eigenvalue weighted by Crippen LogP contribution is -2.11. The molecule has 7 nitrogen and oxygen atoms in total.